The monoisotopic (exact) mass is 370 g/mol. The van der Waals surface area contributed by atoms with Crippen LogP contribution < -0.4 is 10.9 Å². The first-order valence-electron chi connectivity index (χ1n) is 10.2. The van der Waals surface area contributed by atoms with Gasteiger partial charge in [0.1, 0.15) is 17.1 Å². The molecule has 0 atom stereocenters. The van der Waals surface area contributed by atoms with Gasteiger partial charge in [-0.2, -0.15) is 0 Å². The number of unbranched alkanes of at least 4 members (excludes halogenated alkanes) is 1. The molecule has 1 amide bonds. The Hall–Kier alpha value is -2.30. The second kappa shape index (κ2) is 9.07. The number of pyridine rings is 1. The van der Waals surface area contributed by atoms with Crippen molar-refractivity contribution in [2.24, 2.45) is 0 Å². The van der Waals surface area contributed by atoms with Crippen LogP contribution in [0, 0.1) is 6.92 Å². The summed E-state index contributed by atoms with van der Waals surface area (Å²) in [5, 5.41) is 2.84. The molecule has 1 aliphatic carbocycles. The molecule has 0 fully saturated rings. The summed E-state index contributed by atoms with van der Waals surface area (Å²) in [6, 6.07) is 5.55. The van der Waals surface area contributed by atoms with Gasteiger partial charge in [-0.25, -0.2) is 0 Å². The van der Waals surface area contributed by atoms with E-state index in [9.17, 15) is 9.59 Å². The first-order valence-corrected chi connectivity index (χ1v) is 10.2. The lowest BCUT2D eigenvalue weighted by Gasteiger charge is -2.21. The molecule has 1 aliphatic rings. The number of furan rings is 1. The van der Waals surface area contributed by atoms with E-state index in [-0.39, 0.29) is 23.6 Å². The van der Waals surface area contributed by atoms with Crippen molar-refractivity contribution in [3.8, 4) is 0 Å². The maximum absolute atomic E-state index is 13.1. The van der Waals surface area contributed by atoms with Crippen molar-refractivity contribution >= 4 is 5.91 Å². The molecule has 2 heterocycles. The fourth-order valence-corrected chi connectivity index (χ4v) is 3.79. The summed E-state index contributed by atoms with van der Waals surface area (Å²) in [5.74, 6) is 1.19. The summed E-state index contributed by atoms with van der Waals surface area (Å²) in [4.78, 5) is 25.8. The molecule has 0 aromatic carbocycles. The molecule has 5 nitrogen and oxygen atoms in total. The molecule has 2 aromatic heterocycles. The summed E-state index contributed by atoms with van der Waals surface area (Å²) >= 11 is 0. The molecule has 0 saturated heterocycles. The SMILES string of the molecule is CCCCn1c2c(cc(C(=O)NCc3ccc(C)o3)c1=O)CCCCCC2. The van der Waals surface area contributed by atoms with Gasteiger partial charge in [0.25, 0.3) is 11.5 Å². The number of nitrogens with zero attached hydrogens (tertiary/aromatic N) is 1. The quantitative estimate of drug-likeness (QED) is 0.831. The number of fused-ring (bicyclic) bond motifs is 1. The normalized spacial score (nSPS) is 14.3. The Labute approximate surface area is 160 Å². The molecule has 0 saturated carbocycles. The van der Waals surface area contributed by atoms with Crippen LogP contribution in [0.3, 0.4) is 0 Å². The third-order valence-corrected chi connectivity index (χ3v) is 5.30. The van der Waals surface area contributed by atoms with Gasteiger partial charge >= 0.3 is 0 Å². The smallest absolute Gasteiger partial charge is 0.263 e. The van der Waals surface area contributed by atoms with Crippen molar-refractivity contribution in [1.82, 2.24) is 9.88 Å². The number of carbonyl (C=O) groups excluding carboxylic acids is 1. The van der Waals surface area contributed by atoms with Gasteiger partial charge in [0.15, 0.2) is 0 Å². The summed E-state index contributed by atoms with van der Waals surface area (Å²) in [5.41, 5.74) is 2.42. The van der Waals surface area contributed by atoms with Gasteiger partial charge in [-0.3, -0.25) is 9.59 Å². The molecule has 0 bridgehead atoms. The molecule has 146 valence electrons. The molecule has 0 aliphatic heterocycles. The largest absolute Gasteiger partial charge is 0.465 e. The zero-order chi connectivity index (χ0) is 19.2. The predicted molar refractivity (Wildman–Crippen MR) is 106 cm³/mol. The molecule has 27 heavy (non-hydrogen) atoms. The average Bonchev–Trinajstić information content (AvgIpc) is 3.05. The minimum atomic E-state index is -0.316. The maximum Gasteiger partial charge on any atom is 0.263 e. The van der Waals surface area contributed by atoms with Gasteiger partial charge < -0.3 is 14.3 Å². The van der Waals surface area contributed by atoms with Gasteiger partial charge in [-0.1, -0.05) is 26.2 Å². The molecule has 0 unspecified atom stereocenters. The number of nitrogens with one attached hydrogen (secondary N) is 1. The van der Waals surface area contributed by atoms with Gasteiger partial charge in [0.05, 0.1) is 6.54 Å². The van der Waals surface area contributed by atoms with Crippen molar-refractivity contribution < 1.29 is 9.21 Å². The number of hydrogen-bond donors (Lipinski definition) is 1. The first-order chi connectivity index (χ1) is 13.1. The van der Waals surface area contributed by atoms with Crippen molar-refractivity contribution in [3.05, 3.63) is 56.9 Å². The minimum Gasteiger partial charge on any atom is -0.465 e. The van der Waals surface area contributed by atoms with Crippen LogP contribution in [0.4, 0.5) is 0 Å². The summed E-state index contributed by atoms with van der Waals surface area (Å²) in [6.45, 7) is 4.97. The predicted octanol–water partition coefficient (Wildman–Crippen LogP) is 4.14. The van der Waals surface area contributed by atoms with Crippen LogP contribution in [0.25, 0.3) is 0 Å². The van der Waals surface area contributed by atoms with E-state index >= 15 is 0 Å². The Morgan fingerprint density at radius 1 is 1.19 bits per heavy atom. The third-order valence-electron chi connectivity index (χ3n) is 5.30. The van der Waals surface area contributed by atoms with Gasteiger partial charge in [-0.15, -0.1) is 0 Å². The Morgan fingerprint density at radius 3 is 2.67 bits per heavy atom. The fraction of sp³-hybridized carbons (Fsp3) is 0.545. The van der Waals surface area contributed by atoms with E-state index in [0.717, 1.165) is 50.0 Å². The first kappa shape index (κ1) is 19.5. The average molecular weight is 370 g/mol. The molecule has 3 rings (SSSR count). The molecular weight excluding hydrogens is 340 g/mol. The van der Waals surface area contributed by atoms with E-state index in [1.54, 1.807) is 0 Å². The molecule has 1 N–H and O–H groups in total. The second-order valence-corrected chi connectivity index (χ2v) is 7.45. The fourth-order valence-electron chi connectivity index (χ4n) is 3.79. The molecule has 5 heteroatoms. The molecule has 2 aromatic rings. The highest BCUT2D eigenvalue weighted by molar-refractivity contribution is 5.94. The lowest BCUT2D eigenvalue weighted by molar-refractivity contribution is 0.0945. The van der Waals surface area contributed by atoms with Crippen LogP contribution >= 0.6 is 0 Å². The lowest BCUT2D eigenvalue weighted by atomic mass is 9.95. The lowest BCUT2D eigenvalue weighted by Crippen LogP contribution is -2.35. The van der Waals surface area contributed by atoms with Gasteiger partial charge in [0.2, 0.25) is 0 Å². The van der Waals surface area contributed by atoms with Gasteiger partial charge in [0, 0.05) is 12.2 Å². The van der Waals surface area contributed by atoms with Crippen LogP contribution in [0.15, 0.2) is 27.4 Å². The van der Waals surface area contributed by atoms with Crippen LogP contribution in [0.5, 0.6) is 0 Å². The van der Waals surface area contributed by atoms with E-state index in [1.165, 1.54) is 18.4 Å². The second-order valence-electron chi connectivity index (χ2n) is 7.45. The number of hydrogen-bond acceptors (Lipinski definition) is 3. The Kier molecular flexibility index (Phi) is 6.54. The third kappa shape index (κ3) is 4.71. The topological polar surface area (TPSA) is 64.2 Å². The maximum atomic E-state index is 13.1. The number of amides is 1. The van der Waals surface area contributed by atoms with Crippen LogP contribution in [0.2, 0.25) is 0 Å². The number of aryl methyl sites for hydroxylation is 2. The molecule has 0 radical (unpaired) electrons. The highest BCUT2D eigenvalue weighted by Gasteiger charge is 2.20. The van der Waals surface area contributed by atoms with E-state index < -0.39 is 0 Å². The van der Waals surface area contributed by atoms with Gasteiger partial charge in [-0.05, 0) is 62.8 Å². The zero-order valence-electron chi connectivity index (χ0n) is 16.5. The highest BCUT2D eigenvalue weighted by atomic mass is 16.3. The Balaban J connectivity index is 1.89. The number of rotatable bonds is 6. The van der Waals surface area contributed by atoms with Crippen LogP contribution in [-0.2, 0) is 25.9 Å². The standard InChI is InChI=1S/C22H30N2O3/c1-3-4-13-24-20-10-8-6-5-7-9-17(20)14-19(22(24)26)21(25)23-15-18-12-11-16(2)27-18/h11-12,14H,3-10,13,15H2,1-2H3,(H,23,25). The number of aromatic nitrogens is 1. The van der Waals surface area contributed by atoms with E-state index in [0.29, 0.717) is 12.3 Å². The molecule has 0 spiro atoms. The van der Waals surface area contributed by atoms with Crippen molar-refractivity contribution in [2.45, 2.75) is 78.3 Å². The summed E-state index contributed by atoms with van der Waals surface area (Å²) in [6.07, 6.45) is 8.51. The number of carbonyl (C=O) groups is 1. The van der Waals surface area contributed by atoms with Crippen molar-refractivity contribution in [1.29, 1.82) is 0 Å². The summed E-state index contributed by atoms with van der Waals surface area (Å²) in [7, 11) is 0. The Bertz CT molecular complexity index is 848. The van der Waals surface area contributed by atoms with Crippen molar-refractivity contribution in [2.75, 3.05) is 0 Å². The Morgan fingerprint density at radius 2 is 1.96 bits per heavy atom. The van der Waals surface area contributed by atoms with Crippen LogP contribution in [-0.4, -0.2) is 10.5 Å². The highest BCUT2D eigenvalue weighted by Crippen LogP contribution is 2.20. The minimum absolute atomic E-state index is 0.157. The van der Waals surface area contributed by atoms with Crippen molar-refractivity contribution in [3.63, 3.8) is 0 Å². The van der Waals surface area contributed by atoms with E-state index in [1.807, 2.05) is 29.7 Å². The van der Waals surface area contributed by atoms with Crippen LogP contribution in [0.1, 0.15) is 78.6 Å². The summed E-state index contributed by atoms with van der Waals surface area (Å²) < 4.78 is 7.37. The zero-order valence-corrected chi connectivity index (χ0v) is 16.5. The molecular formula is C22H30N2O3. The van der Waals surface area contributed by atoms with E-state index in [2.05, 4.69) is 12.2 Å². The van der Waals surface area contributed by atoms with E-state index in [4.69, 9.17) is 4.42 Å².